The van der Waals surface area contributed by atoms with E-state index in [2.05, 4.69) is 0 Å². The van der Waals surface area contributed by atoms with Gasteiger partial charge in [0.1, 0.15) is 18.3 Å². The van der Waals surface area contributed by atoms with Crippen LogP contribution in [0.15, 0.2) is 48.6 Å². The molecule has 0 spiro atoms. The third-order valence-electron chi connectivity index (χ3n) is 5.60. The Morgan fingerprint density at radius 2 is 1.13 bits per heavy atom. The van der Waals surface area contributed by atoms with E-state index < -0.39 is 66.2 Å². The zero-order valence-corrected chi connectivity index (χ0v) is 19.1. The number of ether oxygens (including phenoxy) is 2. The van der Waals surface area contributed by atoms with Crippen LogP contribution >= 0.6 is 0 Å². The zero-order chi connectivity index (χ0) is 27.3. The molecule has 0 amide bonds. The Morgan fingerprint density at radius 3 is 1.46 bits per heavy atom. The van der Waals surface area contributed by atoms with Gasteiger partial charge in [-0.1, -0.05) is 27.0 Å². The molecule has 0 bridgehead atoms. The first-order chi connectivity index (χ1) is 17.4. The van der Waals surface area contributed by atoms with Crippen molar-refractivity contribution in [3.8, 4) is 23.0 Å². The standard InChI is InChI=1S/C25H24O12.2CH4/c26-15-5-1-13(9-17(15)28)3-7-21(30)36-19-11-25(35,24(33)34)12-20(23(19)32)37-22(31)8-4-14-2-6-16(27)18(29)10-14;;/h1-10,19-20,23,26-29,32,35H,11-12H2,(H,33,34);2*1H4/b7-3+,8-4+;;/t19-,20-,23?,25?;;/m1../s1. The largest absolute Gasteiger partial charge is 0.504 e. The lowest BCUT2D eigenvalue weighted by molar-refractivity contribution is -0.203. The van der Waals surface area contributed by atoms with E-state index in [-0.39, 0.29) is 26.4 Å². The van der Waals surface area contributed by atoms with Crippen molar-refractivity contribution in [3.63, 3.8) is 0 Å². The fourth-order valence-electron chi connectivity index (χ4n) is 3.62. The first-order valence-corrected chi connectivity index (χ1v) is 10.8. The molecule has 0 saturated heterocycles. The molecular formula is C27H32O12. The van der Waals surface area contributed by atoms with E-state index in [0.717, 1.165) is 12.2 Å². The van der Waals surface area contributed by atoms with Crippen molar-refractivity contribution in [1.29, 1.82) is 0 Å². The lowest BCUT2D eigenvalue weighted by Crippen LogP contribution is -2.58. The van der Waals surface area contributed by atoms with Crippen LogP contribution in [0.4, 0.5) is 0 Å². The summed E-state index contributed by atoms with van der Waals surface area (Å²) in [6.45, 7) is 0. The minimum atomic E-state index is -2.48. The molecule has 7 N–H and O–H groups in total. The molecule has 12 nitrogen and oxygen atoms in total. The molecular weight excluding hydrogens is 516 g/mol. The van der Waals surface area contributed by atoms with Gasteiger partial charge in [-0.2, -0.15) is 0 Å². The molecule has 1 aliphatic rings. The second-order valence-electron chi connectivity index (χ2n) is 8.35. The maximum Gasteiger partial charge on any atom is 0.335 e. The number of phenols is 4. The van der Waals surface area contributed by atoms with E-state index >= 15 is 0 Å². The average molecular weight is 549 g/mol. The minimum Gasteiger partial charge on any atom is -0.504 e. The normalized spacial score (nSPS) is 22.5. The van der Waals surface area contributed by atoms with Crippen molar-refractivity contribution in [2.45, 2.75) is 51.6 Å². The third-order valence-corrected chi connectivity index (χ3v) is 5.60. The van der Waals surface area contributed by atoms with Gasteiger partial charge in [0.2, 0.25) is 0 Å². The van der Waals surface area contributed by atoms with Gasteiger partial charge < -0.3 is 45.2 Å². The number of phenolic OH excluding ortho intramolecular Hbond substituents is 4. The number of rotatable bonds is 7. The molecule has 1 saturated carbocycles. The number of hydrogen-bond acceptors (Lipinski definition) is 11. The lowest BCUT2D eigenvalue weighted by Gasteiger charge is -2.40. The highest BCUT2D eigenvalue weighted by atomic mass is 16.6. The lowest BCUT2D eigenvalue weighted by atomic mass is 9.79. The van der Waals surface area contributed by atoms with E-state index in [1.165, 1.54) is 48.6 Å². The van der Waals surface area contributed by atoms with Gasteiger partial charge >= 0.3 is 17.9 Å². The first kappa shape index (κ1) is 32.5. The number of carboxylic acids is 1. The smallest absolute Gasteiger partial charge is 0.335 e. The molecule has 3 rings (SSSR count). The Bertz CT molecular complexity index is 1160. The SMILES string of the molecule is C.C.O=C(/C=C/c1ccc(O)c(O)c1)O[C@@H]1CC(O)(C(=O)O)C[C@@H](OC(=O)/C=C/c2ccc(O)c(O)c2)C1O. The van der Waals surface area contributed by atoms with Crippen molar-refractivity contribution in [3.05, 3.63) is 59.7 Å². The number of carboxylic acid groups (broad SMARTS) is 1. The maximum atomic E-state index is 12.3. The van der Waals surface area contributed by atoms with Gasteiger partial charge in [-0.05, 0) is 47.5 Å². The topological polar surface area (TPSA) is 211 Å². The number of benzene rings is 2. The quantitative estimate of drug-likeness (QED) is 0.151. The molecule has 0 heterocycles. The number of esters is 2. The van der Waals surface area contributed by atoms with Crippen molar-refractivity contribution in [1.82, 2.24) is 0 Å². The van der Waals surface area contributed by atoms with Crippen molar-refractivity contribution in [2.75, 3.05) is 0 Å². The average Bonchev–Trinajstić information content (AvgIpc) is 2.83. The number of aliphatic hydroxyl groups is 2. The van der Waals surface area contributed by atoms with E-state index in [1.54, 1.807) is 0 Å². The Morgan fingerprint density at radius 1 is 0.744 bits per heavy atom. The predicted octanol–water partition coefficient (Wildman–Crippen LogP) is 2.30. The highest BCUT2D eigenvalue weighted by Gasteiger charge is 2.52. The van der Waals surface area contributed by atoms with Crippen molar-refractivity contribution < 1.29 is 59.6 Å². The summed E-state index contributed by atoms with van der Waals surface area (Å²) in [5.74, 6) is -5.31. The minimum absolute atomic E-state index is 0. The van der Waals surface area contributed by atoms with Gasteiger partial charge in [-0.25, -0.2) is 14.4 Å². The Labute approximate surface area is 224 Å². The fraction of sp³-hybridized carbons (Fsp3) is 0.296. The molecule has 0 aromatic heterocycles. The van der Waals surface area contributed by atoms with Gasteiger partial charge in [0.15, 0.2) is 28.6 Å². The number of aromatic hydroxyl groups is 4. The molecule has 212 valence electrons. The number of hydrogen-bond donors (Lipinski definition) is 7. The summed E-state index contributed by atoms with van der Waals surface area (Å²) in [4.78, 5) is 36.2. The van der Waals surface area contributed by atoms with Crippen molar-refractivity contribution >= 4 is 30.1 Å². The Hall–Kier alpha value is -4.55. The summed E-state index contributed by atoms with van der Waals surface area (Å²) in [7, 11) is 0. The summed E-state index contributed by atoms with van der Waals surface area (Å²) in [6, 6.07) is 7.49. The molecule has 0 unspecified atom stereocenters. The van der Waals surface area contributed by atoms with Crippen LogP contribution in [0.2, 0.25) is 0 Å². The van der Waals surface area contributed by atoms with Gasteiger partial charge in [0.05, 0.1) is 0 Å². The predicted molar refractivity (Wildman–Crippen MR) is 139 cm³/mol. The molecule has 12 heteroatoms. The molecule has 1 aliphatic carbocycles. The molecule has 2 aromatic rings. The summed E-state index contributed by atoms with van der Waals surface area (Å²) >= 11 is 0. The second kappa shape index (κ2) is 13.3. The van der Waals surface area contributed by atoms with Gasteiger partial charge in [0, 0.05) is 25.0 Å². The highest BCUT2D eigenvalue weighted by Crippen LogP contribution is 2.33. The van der Waals surface area contributed by atoms with Crippen LogP contribution in [0.3, 0.4) is 0 Å². The first-order valence-electron chi connectivity index (χ1n) is 10.8. The Kier molecular flexibility index (Phi) is 11.1. The molecule has 2 atom stereocenters. The van der Waals surface area contributed by atoms with E-state index in [4.69, 9.17) is 9.47 Å². The highest BCUT2D eigenvalue weighted by molar-refractivity contribution is 5.88. The Balaban J connectivity index is 0.00000380. The molecule has 0 aliphatic heterocycles. The van der Waals surface area contributed by atoms with Crippen LogP contribution in [0.25, 0.3) is 12.2 Å². The number of carbonyl (C=O) groups is 3. The summed E-state index contributed by atoms with van der Waals surface area (Å²) in [5.41, 5.74) is -1.84. The van der Waals surface area contributed by atoms with Crippen LogP contribution in [-0.4, -0.2) is 77.6 Å². The number of carbonyl (C=O) groups excluding carboxylic acids is 2. The van der Waals surface area contributed by atoms with Crippen LogP contribution in [0.1, 0.15) is 38.8 Å². The number of aliphatic carboxylic acids is 1. The van der Waals surface area contributed by atoms with E-state index in [1.807, 2.05) is 0 Å². The van der Waals surface area contributed by atoms with Crippen molar-refractivity contribution in [2.24, 2.45) is 0 Å². The summed E-state index contributed by atoms with van der Waals surface area (Å²) in [5, 5.41) is 68.3. The van der Waals surface area contributed by atoms with Crippen LogP contribution in [0, 0.1) is 0 Å². The second-order valence-corrected chi connectivity index (χ2v) is 8.35. The third kappa shape index (κ3) is 8.22. The van der Waals surface area contributed by atoms with E-state index in [9.17, 15) is 50.1 Å². The molecule has 1 fully saturated rings. The zero-order valence-electron chi connectivity index (χ0n) is 19.1. The van der Waals surface area contributed by atoms with Crippen LogP contribution in [-0.2, 0) is 23.9 Å². The molecule has 0 radical (unpaired) electrons. The summed E-state index contributed by atoms with van der Waals surface area (Å²) in [6.07, 6.45) is -1.86. The molecule has 39 heavy (non-hydrogen) atoms. The van der Waals surface area contributed by atoms with Gasteiger partial charge in [-0.15, -0.1) is 0 Å². The van der Waals surface area contributed by atoms with Crippen LogP contribution < -0.4 is 0 Å². The monoisotopic (exact) mass is 548 g/mol. The summed E-state index contributed by atoms with van der Waals surface area (Å²) < 4.78 is 10.2. The van der Waals surface area contributed by atoms with Crippen LogP contribution in [0.5, 0.6) is 23.0 Å². The van der Waals surface area contributed by atoms with Gasteiger partial charge in [0.25, 0.3) is 0 Å². The maximum absolute atomic E-state index is 12.3. The fourth-order valence-corrected chi connectivity index (χ4v) is 3.62. The van der Waals surface area contributed by atoms with E-state index in [0.29, 0.717) is 11.1 Å². The molecule has 2 aromatic carbocycles. The van der Waals surface area contributed by atoms with Gasteiger partial charge in [-0.3, -0.25) is 0 Å². The number of aliphatic hydroxyl groups excluding tert-OH is 1.